The van der Waals surface area contributed by atoms with Crippen molar-refractivity contribution in [2.45, 2.75) is 13.8 Å². The van der Waals surface area contributed by atoms with Crippen molar-refractivity contribution in [1.82, 2.24) is 0 Å². The summed E-state index contributed by atoms with van der Waals surface area (Å²) in [5.74, 6) is 0.332. The number of phenolic OH excluding ortho intramolecular Hbond substituents is 2. The summed E-state index contributed by atoms with van der Waals surface area (Å²) < 4.78 is 4.74. The third-order valence-electron chi connectivity index (χ3n) is 1.16. The highest BCUT2D eigenvalue weighted by atomic mass is 16.5. The first-order valence-corrected chi connectivity index (χ1v) is 3.80. The lowest BCUT2D eigenvalue weighted by atomic mass is 10.3. The minimum atomic E-state index is -0.0532. The molecular weight excluding hydrogens is 156 g/mol. The van der Waals surface area contributed by atoms with Crippen LogP contribution in [0.5, 0.6) is 17.2 Å². The predicted octanol–water partition coefficient (Wildman–Crippen LogP) is 2.13. The molecule has 0 spiro atoms. The van der Waals surface area contributed by atoms with Gasteiger partial charge in [0, 0.05) is 6.07 Å². The first-order chi connectivity index (χ1) is 5.74. The van der Waals surface area contributed by atoms with Gasteiger partial charge >= 0.3 is 0 Å². The van der Waals surface area contributed by atoms with Crippen LogP contribution in [0.2, 0.25) is 0 Å². The molecule has 0 heterocycles. The van der Waals surface area contributed by atoms with Crippen molar-refractivity contribution in [3.63, 3.8) is 0 Å². The van der Waals surface area contributed by atoms with Crippen molar-refractivity contribution in [1.29, 1.82) is 0 Å². The van der Waals surface area contributed by atoms with Crippen LogP contribution in [0.1, 0.15) is 13.8 Å². The highest BCUT2D eigenvalue weighted by Gasteiger charge is 1.99. The normalized spacial score (nSPS) is 8.25. The summed E-state index contributed by atoms with van der Waals surface area (Å²) in [6.07, 6.45) is 0. The number of methoxy groups -OCH3 is 1. The molecule has 0 aliphatic rings. The molecule has 68 valence electrons. The molecule has 0 saturated heterocycles. The number of rotatable bonds is 1. The molecule has 0 bridgehead atoms. The van der Waals surface area contributed by atoms with Crippen molar-refractivity contribution in [3.05, 3.63) is 18.2 Å². The number of hydrogen-bond donors (Lipinski definition) is 2. The topological polar surface area (TPSA) is 49.7 Å². The standard InChI is InChI=1S/C7H8O3.C2H6/c1-10-7-3-2-5(8)4-6(7)9;1-2/h2-4,8-9H,1H3;1-2H3. The van der Waals surface area contributed by atoms with E-state index in [-0.39, 0.29) is 11.5 Å². The van der Waals surface area contributed by atoms with E-state index in [1.807, 2.05) is 13.8 Å². The van der Waals surface area contributed by atoms with Crippen LogP contribution in [0.4, 0.5) is 0 Å². The van der Waals surface area contributed by atoms with E-state index in [0.717, 1.165) is 0 Å². The van der Waals surface area contributed by atoms with Gasteiger partial charge in [0.25, 0.3) is 0 Å². The zero-order valence-electron chi connectivity index (χ0n) is 7.53. The van der Waals surface area contributed by atoms with Crippen LogP contribution in [-0.4, -0.2) is 17.3 Å². The van der Waals surface area contributed by atoms with Gasteiger partial charge in [-0.05, 0) is 12.1 Å². The van der Waals surface area contributed by atoms with Gasteiger partial charge in [-0.25, -0.2) is 0 Å². The number of phenols is 2. The van der Waals surface area contributed by atoms with Crippen LogP contribution in [0, 0.1) is 0 Å². The summed E-state index contributed by atoms with van der Waals surface area (Å²) in [6.45, 7) is 4.00. The quantitative estimate of drug-likeness (QED) is 0.678. The average Bonchev–Trinajstić information content (AvgIpc) is 2.08. The summed E-state index contributed by atoms with van der Waals surface area (Å²) in [5.41, 5.74) is 0. The van der Waals surface area contributed by atoms with Crippen molar-refractivity contribution in [2.24, 2.45) is 0 Å². The highest BCUT2D eigenvalue weighted by Crippen LogP contribution is 2.28. The molecule has 1 aromatic carbocycles. The van der Waals surface area contributed by atoms with E-state index in [1.165, 1.54) is 25.3 Å². The molecular formula is C9H14O3. The van der Waals surface area contributed by atoms with Gasteiger partial charge in [-0.3, -0.25) is 0 Å². The van der Waals surface area contributed by atoms with Crippen LogP contribution < -0.4 is 4.74 Å². The maximum Gasteiger partial charge on any atom is 0.161 e. The van der Waals surface area contributed by atoms with Gasteiger partial charge < -0.3 is 14.9 Å². The lowest BCUT2D eigenvalue weighted by molar-refractivity contribution is 0.369. The highest BCUT2D eigenvalue weighted by molar-refractivity contribution is 5.43. The Morgan fingerprint density at radius 2 is 1.75 bits per heavy atom. The van der Waals surface area contributed by atoms with E-state index < -0.39 is 0 Å². The minimum absolute atomic E-state index is 0.0262. The van der Waals surface area contributed by atoms with Gasteiger partial charge in [0.2, 0.25) is 0 Å². The lowest BCUT2D eigenvalue weighted by Crippen LogP contribution is -1.81. The van der Waals surface area contributed by atoms with Crippen molar-refractivity contribution >= 4 is 0 Å². The molecule has 0 unspecified atom stereocenters. The van der Waals surface area contributed by atoms with Crippen molar-refractivity contribution in [2.75, 3.05) is 7.11 Å². The molecule has 0 radical (unpaired) electrons. The van der Waals surface area contributed by atoms with Crippen LogP contribution in [0.15, 0.2) is 18.2 Å². The Bertz CT molecular complexity index is 233. The van der Waals surface area contributed by atoms with Crippen LogP contribution in [-0.2, 0) is 0 Å². The second-order valence-electron chi connectivity index (χ2n) is 1.86. The molecule has 0 atom stereocenters. The molecule has 2 N–H and O–H groups in total. The molecule has 0 aliphatic carbocycles. The van der Waals surface area contributed by atoms with E-state index in [4.69, 9.17) is 14.9 Å². The molecule has 1 rings (SSSR count). The number of benzene rings is 1. The molecule has 0 amide bonds. The fraction of sp³-hybridized carbons (Fsp3) is 0.333. The zero-order chi connectivity index (χ0) is 9.56. The summed E-state index contributed by atoms with van der Waals surface area (Å²) in [7, 11) is 1.45. The molecule has 0 aliphatic heterocycles. The monoisotopic (exact) mass is 170 g/mol. The summed E-state index contributed by atoms with van der Waals surface area (Å²) in [5, 5.41) is 17.8. The Morgan fingerprint density at radius 3 is 2.17 bits per heavy atom. The van der Waals surface area contributed by atoms with E-state index >= 15 is 0 Å². The minimum Gasteiger partial charge on any atom is -0.508 e. The maximum absolute atomic E-state index is 9.01. The zero-order valence-corrected chi connectivity index (χ0v) is 7.53. The smallest absolute Gasteiger partial charge is 0.161 e. The van der Waals surface area contributed by atoms with Crippen LogP contribution >= 0.6 is 0 Å². The van der Waals surface area contributed by atoms with Gasteiger partial charge in [-0.2, -0.15) is 0 Å². The Kier molecular flexibility index (Phi) is 4.69. The molecule has 3 heteroatoms. The number of hydrogen-bond acceptors (Lipinski definition) is 3. The maximum atomic E-state index is 9.01. The molecule has 0 aromatic heterocycles. The SMILES string of the molecule is CC.COc1ccc(O)cc1O. The summed E-state index contributed by atoms with van der Waals surface area (Å²) in [4.78, 5) is 0. The molecule has 1 aromatic rings. The van der Waals surface area contributed by atoms with Crippen LogP contribution in [0.3, 0.4) is 0 Å². The van der Waals surface area contributed by atoms with Crippen molar-refractivity contribution < 1.29 is 14.9 Å². The molecule has 0 fully saturated rings. The first-order valence-electron chi connectivity index (χ1n) is 3.80. The fourth-order valence-corrected chi connectivity index (χ4v) is 0.678. The summed E-state index contributed by atoms with van der Waals surface area (Å²) >= 11 is 0. The van der Waals surface area contributed by atoms with Gasteiger partial charge in [-0.1, -0.05) is 13.8 Å². The van der Waals surface area contributed by atoms with Gasteiger partial charge in [0.1, 0.15) is 5.75 Å². The van der Waals surface area contributed by atoms with E-state index in [9.17, 15) is 0 Å². The molecule has 0 saturated carbocycles. The third kappa shape index (κ3) is 2.70. The predicted molar refractivity (Wildman–Crippen MR) is 47.7 cm³/mol. The number of aromatic hydroxyl groups is 2. The molecule has 12 heavy (non-hydrogen) atoms. The summed E-state index contributed by atoms with van der Waals surface area (Å²) in [6, 6.07) is 4.15. The van der Waals surface area contributed by atoms with Gasteiger partial charge in [0.15, 0.2) is 11.5 Å². The second-order valence-corrected chi connectivity index (χ2v) is 1.86. The largest absolute Gasteiger partial charge is 0.508 e. The van der Waals surface area contributed by atoms with Gasteiger partial charge in [-0.15, -0.1) is 0 Å². The van der Waals surface area contributed by atoms with Gasteiger partial charge in [0.05, 0.1) is 7.11 Å². The van der Waals surface area contributed by atoms with Crippen LogP contribution in [0.25, 0.3) is 0 Å². The van der Waals surface area contributed by atoms with E-state index in [2.05, 4.69) is 0 Å². The second kappa shape index (κ2) is 5.29. The van der Waals surface area contributed by atoms with E-state index in [1.54, 1.807) is 0 Å². The first kappa shape index (κ1) is 10.6. The Balaban J connectivity index is 0.000000561. The number of ether oxygens (including phenoxy) is 1. The third-order valence-corrected chi connectivity index (χ3v) is 1.16. The van der Waals surface area contributed by atoms with Crippen molar-refractivity contribution in [3.8, 4) is 17.2 Å². The fourth-order valence-electron chi connectivity index (χ4n) is 0.678. The Hall–Kier alpha value is -1.38. The average molecular weight is 170 g/mol. The molecule has 3 nitrogen and oxygen atoms in total. The Morgan fingerprint density at radius 1 is 1.17 bits per heavy atom. The Labute approximate surface area is 72.2 Å². The van der Waals surface area contributed by atoms with E-state index in [0.29, 0.717) is 5.75 Å². The lowest BCUT2D eigenvalue weighted by Gasteiger charge is -2.01.